The molecule has 9 nitrogen and oxygen atoms in total. The average molecular weight is 415 g/mol. The van der Waals surface area contributed by atoms with Crippen LogP contribution in [0.5, 0.6) is 0 Å². The second-order valence-corrected chi connectivity index (χ2v) is 8.34. The first-order valence-corrected chi connectivity index (χ1v) is 10.3. The Balaban J connectivity index is 1.86. The lowest BCUT2D eigenvalue weighted by Gasteiger charge is -2.17. The highest BCUT2D eigenvalue weighted by Crippen LogP contribution is 2.30. The molecular weight excluding hydrogens is 394 g/mol. The van der Waals surface area contributed by atoms with Crippen molar-refractivity contribution < 1.29 is 13.3 Å². The average Bonchev–Trinajstić information content (AvgIpc) is 2.99. The largest absolute Gasteiger partial charge is 0.373 e. The smallest absolute Gasteiger partial charge is 0.293 e. The summed E-state index contributed by atoms with van der Waals surface area (Å²) in [4.78, 5) is 10.4. The molecule has 152 valence electrons. The standard InChI is InChI=1S/C19H21N5O4S/c1-12-10-13(2)23(22-12)16-6-4-15(5-7-16)14(3)21-18-9-8-17(29(20,27)28)11-19(18)24(25)26/h4-11,14,21H,1-3H3,(H2,20,27,28). The zero-order valence-corrected chi connectivity index (χ0v) is 17.0. The molecule has 2 aromatic carbocycles. The lowest BCUT2D eigenvalue weighted by molar-refractivity contribution is -0.384. The van der Waals surface area contributed by atoms with Gasteiger partial charge in [0.1, 0.15) is 5.69 Å². The Kier molecular flexibility index (Phi) is 5.40. The molecule has 29 heavy (non-hydrogen) atoms. The third kappa shape index (κ3) is 4.44. The first-order valence-electron chi connectivity index (χ1n) is 8.77. The summed E-state index contributed by atoms with van der Waals surface area (Å²) >= 11 is 0. The third-order valence-electron chi connectivity index (χ3n) is 4.51. The van der Waals surface area contributed by atoms with E-state index in [1.807, 2.05) is 55.8 Å². The van der Waals surface area contributed by atoms with E-state index in [9.17, 15) is 18.5 Å². The number of nitrogens with one attached hydrogen (secondary N) is 1. The summed E-state index contributed by atoms with van der Waals surface area (Å²) in [6.07, 6.45) is 0. The van der Waals surface area contributed by atoms with Gasteiger partial charge in [0.2, 0.25) is 10.0 Å². The fourth-order valence-corrected chi connectivity index (χ4v) is 3.61. The van der Waals surface area contributed by atoms with Crippen molar-refractivity contribution in [3.8, 4) is 5.69 Å². The summed E-state index contributed by atoms with van der Waals surface area (Å²) in [7, 11) is -4.03. The van der Waals surface area contributed by atoms with E-state index >= 15 is 0 Å². The fourth-order valence-electron chi connectivity index (χ4n) is 3.07. The van der Waals surface area contributed by atoms with Crippen molar-refractivity contribution in [2.24, 2.45) is 5.14 Å². The van der Waals surface area contributed by atoms with Gasteiger partial charge in [0, 0.05) is 17.8 Å². The van der Waals surface area contributed by atoms with Gasteiger partial charge in [0.15, 0.2) is 0 Å². The molecule has 0 spiro atoms. The zero-order chi connectivity index (χ0) is 21.3. The molecule has 0 amide bonds. The van der Waals surface area contributed by atoms with Crippen LogP contribution >= 0.6 is 0 Å². The number of nitro groups is 1. The van der Waals surface area contributed by atoms with Gasteiger partial charge in [0.25, 0.3) is 5.69 Å². The fraction of sp³-hybridized carbons (Fsp3) is 0.211. The number of primary sulfonamides is 1. The highest BCUT2D eigenvalue weighted by molar-refractivity contribution is 7.89. The summed E-state index contributed by atoms with van der Waals surface area (Å²) < 4.78 is 24.8. The molecule has 0 aliphatic heterocycles. The Morgan fingerprint density at radius 3 is 2.31 bits per heavy atom. The lowest BCUT2D eigenvalue weighted by Crippen LogP contribution is -2.13. The molecule has 0 bridgehead atoms. The van der Waals surface area contributed by atoms with E-state index in [4.69, 9.17) is 5.14 Å². The summed E-state index contributed by atoms with van der Waals surface area (Å²) in [5.74, 6) is 0. The van der Waals surface area contributed by atoms with Gasteiger partial charge in [-0.15, -0.1) is 0 Å². The van der Waals surface area contributed by atoms with Crippen LogP contribution in [0.15, 0.2) is 53.4 Å². The predicted octanol–water partition coefficient (Wildman–Crippen LogP) is 3.22. The van der Waals surface area contributed by atoms with E-state index in [2.05, 4.69) is 10.4 Å². The SMILES string of the molecule is Cc1cc(C)n(-c2ccc(C(C)Nc3ccc(S(N)(=O)=O)cc3[N+](=O)[O-])cc2)n1. The summed E-state index contributed by atoms with van der Waals surface area (Å²) in [6, 6.07) is 12.9. The number of benzene rings is 2. The molecule has 0 radical (unpaired) electrons. The number of nitro benzene ring substituents is 1. The normalized spacial score (nSPS) is 12.6. The minimum absolute atomic E-state index is 0.206. The zero-order valence-electron chi connectivity index (χ0n) is 16.2. The second kappa shape index (κ2) is 7.64. The van der Waals surface area contributed by atoms with Crippen LogP contribution in [-0.4, -0.2) is 23.1 Å². The van der Waals surface area contributed by atoms with Gasteiger partial charge in [-0.3, -0.25) is 10.1 Å². The number of nitrogens with zero attached hydrogens (tertiary/aromatic N) is 3. The molecule has 0 saturated heterocycles. The van der Waals surface area contributed by atoms with Crippen LogP contribution in [-0.2, 0) is 10.0 Å². The molecule has 1 atom stereocenters. The molecule has 1 unspecified atom stereocenters. The van der Waals surface area contributed by atoms with Crippen molar-refractivity contribution in [2.45, 2.75) is 31.7 Å². The van der Waals surface area contributed by atoms with Crippen molar-refractivity contribution in [3.63, 3.8) is 0 Å². The van der Waals surface area contributed by atoms with Crippen LogP contribution in [0.3, 0.4) is 0 Å². The Morgan fingerprint density at radius 1 is 1.14 bits per heavy atom. The Labute approximate surface area is 168 Å². The van der Waals surface area contributed by atoms with Gasteiger partial charge >= 0.3 is 0 Å². The van der Waals surface area contributed by atoms with Crippen molar-refractivity contribution >= 4 is 21.4 Å². The molecule has 1 heterocycles. The van der Waals surface area contributed by atoms with Crippen LogP contribution in [0.2, 0.25) is 0 Å². The Morgan fingerprint density at radius 2 is 1.79 bits per heavy atom. The van der Waals surface area contributed by atoms with E-state index in [1.54, 1.807) is 0 Å². The highest BCUT2D eigenvalue weighted by atomic mass is 32.2. The number of rotatable bonds is 6. The second-order valence-electron chi connectivity index (χ2n) is 6.78. The number of hydrogen-bond acceptors (Lipinski definition) is 6. The molecule has 0 saturated carbocycles. The number of hydrogen-bond donors (Lipinski definition) is 2. The van der Waals surface area contributed by atoms with Crippen LogP contribution in [0, 0.1) is 24.0 Å². The van der Waals surface area contributed by atoms with Gasteiger partial charge in [-0.05, 0) is 56.7 Å². The van der Waals surface area contributed by atoms with Crippen molar-refractivity contribution in [1.29, 1.82) is 0 Å². The van der Waals surface area contributed by atoms with Gasteiger partial charge in [-0.2, -0.15) is 5.10 Å². The minimum Gasteiger partial charge on any atom is -0.373 e. The molecule has 3 aromatic rings. The van der Waals surface area contributed by atoms with Gasteiger partial charge in [-0.1, -0.05) is 12.1 Å². The summed E-state index contributed by atoms with van der Waals surface area (Å²) in [5, 5.41) is 23.9. The van der Waals surface area contributed by atoms with Crippen LogP contribution < -0.4 is 10.5 Å². The first kappa shape index (κ1) is 20.5. The third-order valence-corrected chi connectivity index (χ3v) is 5.42. The minimum atomic E-state index is -4.03. The number of anilines is 1. The van der Waals surface area contributed by atoms with E-state index < -0.39 is 14.9 Å². The van der Waals surface area contributed by atoms with Gasteiger partial charge in [0.05, 0.1) is 21.2 Å². The number of aryl methyl sites for hydroxylation is 2. The van der Waals surface area contributed by atoms with Crippen molar-refractivity contribution in [3.05, 3.63) is 75.6 Å². The molecule has 10 heteroatoms. The van der Waals surface area contributed by atoms with Crippen LogP contribution in [0.1, 0.15) is 29.9 Å². The van der Waals surface area contributed by atoms with Crippen LogP contribution in [0.25, 0.3) is 5.69 Å². The highest BCUT2D eigenvalue weighted by Gasteiger charge is 2.20. The maximum absolute atomic E-state index is 11.5. The van der Waals surface area contributed by atoms with Crippen LogP contribution in [0.4, 0.5) is 11.4 Å². The van der Waals surface area contributed by atoms with Crippen molar-refractivity contribution in [2.75, 3.05) is 5.32 Å². The van der Waals surface area contributed by atoms with Crippen molar-refractivity contribution in [1.82, 2.24) is 9.78 Å². The number of aromatic nitrogens is 2. The Bertz CT molecular complexity index is 1170. The Hall–Kier alpha value is -3.24. The van der Waals surface area contributed by atoms with E-state index in [0.717, 1.165) is 28.7 Å². The molecule has 3 N–H and O–H groups in total. The molecule has 1 aromatic heterocycles. The number of nitrogens with two attached hydrogens (primary N) is 1. The molecule has 3 rings (SSSR count). The number of sulfonamides is 1. The topological polar surface area (TPSA) is 133 Å². The molecule has 0 fully saturated rings. The molecule has 0 aliphatic carbocycles. The van der Waals surface area contributed by atoms with E-state index in [-0.39, 0.29) is 22.3 Å². The maximum Gasteiger partial charge on any atom is 0.293 e. The molecular formula is C19H21N5O4S. The summed E-state index contributed by atoms with van der Waals surface area (Å²) in [5.41, 5.74) is 3.61. The molecule has 0 aliphatic rings. The quantitative estimate of drug-likeness (QED) is 0.469. The van der Waals surface area contributed by atoms with E-state index in [1.165, 1.54) is 12.1 Å². The maximum atomic E-state index is 11.5. The van der Waals surface area contributed by atoms with Gasteiger partial charge < -0.3 is 5.32 Å². The monoisotopic (exact) mass is 415 g/mol. The van der Waals surface area contributed by atoms with Gasteiger partial charge in [-0.25, -0.2) is 18.2 Å². The predicted molar refractivity (Wildman–Crippen MR) is 110 cm³/mol. The lowest BCUT2D eigenvalue weighted by atomic mass is 10.1. The summed E-state index contributed by atoms with van der Waals surface area (Å²) in [6.45, 7) is 5.76. The first-order chi connectivity index (χ1) is 13.6. The van der Waals surface area contributed by atoms with E-state index in [0.29, 0.717) is 0 Å².